The molecule has 0 bridgehead atoms. The molecule has 4 heteroatoms. The first kappa shape index (κ1) is 18.2. The highest BCUT2D eigenvalue weighted by molar-refractivity contribution is 9.10. The molecule has 1 aliphatic carbocycles. The first-order valence-electron chi connectivity index (χ1n) is 9.05. The van der Waals surface area contributed by atoms with Crippen molar-refractivity contribution >= 4 is 27.4 Å². The second kappa shape index (κ2) is 6.64. The van der Waals surface area contributed by atoms with E-state index >= 15 is 0 Å². The average Bonchev–Trinajstić information content (AvgIpc) is 2.77. The minimum Gasteiger partial charge on any atom is -0.509 e. The number of carbonyl (C=O) groups is 1. The minimum atomic E-state index is -0.606. The molecule has 1 heterocycles. The summed E-state index contributed by atoms with van der Waals surface area (Å²) in [5, 5.41) is 11.2. The summed E-state index contributed by atoms with van der Waals surface area (Å²) in [6, 6.07) is 4.05. The molecule has 1 aromatic carbocycles. The van der Waals surface area contributed by atoms with Gasteiger partial charge in [-0.25, -0.2) is 0 Å². The summed E-state index contributed by atoms with van der Waals surface area (Å²) in [4.78, 5) is 14.9. The molecule has 0 aromatic heterocycles. The van der Waals surface area contributed by atoms with Crippen molar-refractivity contribution in [3.8, 4) is 0 Å². The first-order valence-corrected chi connectivity index (χ1v) is 9.84. The van der Waals surface area contributed by atoms with Gasteiger partial charge in [-0.15, -0.1) is 0 Å². The number of benzene rings is 1. The molecule has 1 spiro atoms. The number of nitrogens with zero attached hydrogens (tertiary/aromatic N) is 1. The van der Waals surface area contributed by atoms with E-state index in [0.717, 1.165) is 53.3 Å². The lowest BCUT2D eigenvalue weighted by Crippen LogP contribution is -2.47. The molecule has 0 unspecified atom stereocenters. The molecule has 1 fully saturated rings. The number of hydrogen-bond acceptors (Lipinski definition) is 2. The van der Waals surface area contributed by atoms with Crippen molar-refractivity contribution in [1.82, 2.24) is 4.90 Å². The number of amides is 1. The molecule has 25 heavy (non-hydrogen) atoms. The summed E-state index contributed by atoms with van der Waals surface area (Å²) in [5.41, 5.74) is 2.83. The maximum Gasteiger partial charge on any atom is 0.262 e. The van der Waals surface area contributed by atoms with E-state index in [-0.39, 0.29) is 11.7 Å². The fourth-order valence-corrected chi connectivity index (χ4v) is 5.03. The highest BCUT2D eigenvalue weighted by Gasteiger charge is 2.52. The minimum absolute atomic E-state index is 0.123. The topological polar surface area (TPSA) is 40.5 Å². The Bertz CT molecular complexity index is 757. The summed E-state index contributed by atoms with van der Waals surface area (Å²) in [6.07, 6.45) is 6.00. The van der Waals surface area contributed by atoms with Crippen LogP contribution in [0.5, 0.6) is 0 Å². The van der Waals surface area contributed by atoms with Gasteiger partial charge in [0, 0.05) is 10.7 Å². The van der Waals surface area contributed by atoms with Gasteiger partial charge in [0.2, 0.25) is 0 Å². The molecule has 3 rings (SSSR count). The number of rotatable bonds is 3. The van der Waals surface area contributed by atoms with Gasteiger partial charge in [-0.3, -0.25) is 4.79 Å². The van der Waals surface area contributed by atoms with Gasteiger partial charge in [-0.2, -0.15) is 0 Å². The smallest absolute Gasteiger partial charge is 0.262 e. The standard InChI is InChI=1S/C21H26BrNO2/c1-5-15-12-16(22)11-14(4)17(15)18-19(24)21(23(6-2)20(18)25)9-7-13(3)8-10-21/h6,11-13,24H,2,5,7-10H2,1,3-4H3. The molecule has 134 valence electrons. The second-order valence-electron chi connectivity index (χ2n) is 7.41. The first-order chi connectivity index (χ1) is 11.9. The second-order valence-corrected chi connectivity index (χ2v) is 8.32. The van der Waals surface area contributed by atoms with Crippen LogP contribution in [-0.2, 0) is 11.2 Å². The quantitative estimate of drug-likeness (QED) is 0.720. The van der Waals surface area contributed by atoms with Crippen LogP contribution >= 0.6 is 15.9 Å². The van der Waals surface area contributed by atoms with Crippen LogP contribution in [-0.4, -0.2) is 21.5 Å². The predicted molar refractivity (Wildman–Crippen MR) is 105 cm³/mol. The van der Waals surface area contributed by atoms with Crippen LogP contribution in [0, 0.1) is 12.8 Å². The molecule has 1 amide bonds. The lowest BCUT2D eigenvalue weighted by atomic mass is 9.75. The molecular weight excluding hydrogens is 378 g/mol. The Balaban J connectivity index is 2.21. The molecule has 0 atom stereocenters. The molecular formula is C21H26BrNO2. The third-order valence-electron chi connectivity index (χ3n) is 5.87. The molecule has 2 aliphatic rings. The van der Waals surface area contributed by atoms with Crippen molar-refractivity contribution in [1.29, 1.82) is 0 Å². The van der Waals surface area contributed by atoms with Crippen molar-refractivity contribution in [3.05, 3.63) is 51.8 Å². The van der Waals surface area contributed by atoms with Gasteiger partial charge in [0.25, 0.3) is 5.91 Å². The average molecular weight is 404 g/mol. The maximum absolute atomic E-state index is 13.2. The van der Waals surface area contributed by atoms with Crippen LogP contribution < -0.4 is 0 Å². The molecule has 0 radical (unpaired) electrons. The van der Waals surface area contributed by atoms with E-state index in [1.807, 2.05) is 19.1 Å². The monoisotopic (exact) mass is 403 g/mol. The normalized spacial score (nSPS) is 26.6. The predicted octanol–water partition coefficient (Wildman–Crippen LogP) is 5.52. The third-order valence-corrected chi connectivity index (χ3v) is 6.33. The maximum atomic E-state index is 13.2. The summed E-state index contributed by atoms with van der Waals surface area (Å²) in [6.45, 7) is 10.2. The van der Waals surface area contributed by atoms with Crippen LogP contribution in [0.1, 0.15) is 56.2 Å². The summed E-state index contributed by atoms with van der Waals surface area (Å²) >= 11 is 3.54. The Kier molecular flexibility index (Phi) is 4.84. The van der Waals surface area contributed by atoms with Crippen molar-refractivity contribution in [2.45, 2.75) is 58.4 Å². The Labute approximate surface area is 158 Å². The van der Waals surface area contributed by atoms with Crippen molar-refractivity contribution < 1.29 is 9.90 Å². The Morgan fingerprint density at radius 2 is 2.04 bits per heavy atom. The van der Waals surface area contributed by atoms with E-state index in [4.69, 9.17) is 0 Å². The van der Waals surface area contributed by atoms with Crippen LogP contribution in [0.25, 0.3) is 5.57 Å². The number of aliphatic hydroxyl groups is 1. The molecule has 3 nitrogen and oxygen atoms in total. The summed E-state index contributed by atoms with van der Waals surface area (Å²) in [5.74, 6) is 0.747. The van der Waals surface area contributed by atoms with Crippen molar-refractivity contribution in [3.63, 3.8) is 0 Å². The largest absolute Gasteiger partial charge is 0.509 e. The SMILES string of the molecule is C=CN1C(=O)C(c2c(C)cc(Br)cc2CC)=C(O)C12CCC(C)CC2. The summed E-state index contributed by atoms with van der Waals surface area (Å²) < 4.78 is 0.998. The van der Waals surface area contributed by atoms with E-state index < -0.39 is 5.54 Å². The Morgan fingerprint density at radius 1 is 1.40 bits per heavy atom. The zero-order valence-electron chi connectivity index (χ0n) is 15.2. The van der Waals surface area contributed by atoms with E-state index in [9.17, 15) is 9.90 Å². The van der Waals surface area contributed by atoms with Gasteiger partial charge < -0.3 is 10.0 Å². The number of aliphatic hydroxyl groups excluding tert-OH is 1. The zero-order valence-corrected chi connectivity index (χ0v) is 16.8. The highest BCUT2D eigenvalue weighted by Crippen LogP contribution is 2.49. The Hall–Kier alpha value is -1.55. The number of hydrogen-bond donors (Lipinski definition) is 1. The summed E-state index contributed by atoms with van der Waals surface area (Å²) in [7, 11) is 0. The van der Waals surface area contributed by atoms with Gasteiger partial charge in [0.1, 0.15) is 11.3 Å². The molecule has 1 N–H and O–H groups in total. The van der Waals surface area contributed by atoms with Gasteiger partial charge in [-0.05, 0) is 73.8 Å². The molecule has 1 aliphatic heterocycles. The van der Waals surface area contributed by atoms with E-state index in [1.54, 1.807) is 11.1 Å². The van der Waals surface area contributed by atoms with E-state index in [0.29, 0.717) is 11.5 Å². The lowest BCUT2D eigenvalue weighted by Gasteiger charge is -2.41. The fourth-order valence-electron chi connectivity index (χ4n) is 4.41. The van der Waals surface area contributed by atoms with Crippen molar-refractivity contribution in [2.24, 2.45) is 5.92 Å². The van der Waals surface area contributed by atoms with Crippen LogP contribution in [0.3, 0.4) is 0 Å². The van der Waals surface area contributed by atoms with E-state index in [1.165, 1.54) is 0 Å². The van der Waals surface area contributed by atoms with E-state index in [2.05, 4.69) is 36.4 Å². The number of halogens is 1. The molecule has 1 saturated carbocycles. The van der Waals surface area contributed by atoms with Crippen LogP contribution in [0.4, 0.5) is 0 Å². The van der Waals surface area contributed by atoms with Gasteiger partial charge in [0.15, 0.2) is 0 Å². The Morgan fingerprint density at radius 3 is 2.60 bits per heavy atom. The fraction of sp³-hybridized carbons (Fsp3) is 0.476. The highest BCUT2D eigenvalue weighted by atomic mass is 79.9. The number of carbonyl (C=O) groups excluding carboxylic acids is 1. The van der Waals surface area contributed by atoms with Gasteiger partial charge in [0.05, 0.1) is 5.57 Å². The van der Waals surface area contributed by atoms with Gasteiger partial charge >= 0.3 is 0 Å². The van der Waals surface area contributed by atoms with Crippen molar-refractivity contribution in [2.75, 3.05) is 0 Å². The van der Waals surface area contributed by atoms with Gasteiger partial charge in [-0.1, -0.05) is 36.4 Å². The molecule has 1 aromatic rings. The lowest BCUT2D eigenvalue weighted by molar-refractivity contribution is -0.126. The van der Waals surface area contributed by atoms with Crippen LogP contribution in [0.15, 0.2) is 35.1 Å². The molecule has 0 saturated heterocycles. The zero-order chi connectivity index (χ0) is 18.4. The number of aryl methyl sites for hydroxylation is 2. The third kappa shape index (κ3) is 2.75. The van der Waals surface area contributed by atoms with Crippen LogP contribution in [0.2, 0.25) is 0 Å².